The van der Waals surface area contributed by atoms with Crippen LogP contribution in [-0.4, -0.2) is 23.5 Å². The van der Waals surface area contributed by atoms with E-state index in [4.69, 9.17) is 4.74 Å². The molecule has 0 saturated heterocycles. The van der Waals surface area contributed by atoms with Crippen LogP contribution >= 0.6 is 11.3 Å². The summed E-state index contributed by atoms with van der Waals surface area (Å²) in [5.74, 6) is -0.293. The van der Waals surface area contributed by atoms with Gasteiger partial charge in [-0.15, -0.1) is 11.3 Å². The van der Waals surface area contributed by atoms with Crippen LogP contribution < -0.4 is 5.32 Å². The minimum atomic E-state index is -0.353. The van der Waals surface area contributed by atoms with E-state index in [1.165, 1.54) is 16.2 Å². The van der Waals surface area contributed by atoms with E-state index in [1.54, 1.807) is 31.5 Å². The van der Waals surface area contributed by atoms with Crippen molar-refractivity contribution in [3.8, 4) is 0 Å². The summed E-state index contributed by atoms with van der Waals surface area (Å²) in [6.45, 7) is 4.23. The second-order valence-electron chi connectivity index (χ2n) is 5.85. The van der Waals surface area contributed by atoms with Gasteiger partial charge < -0.3 is 10.1 Å². The summed E-state index contributed by atoms with van der Waals surface area (Å²) < 4.78 is 5.24. The molecule has 2 heterocycles. The Kier molecular flexibility index (Phi) is 4.94. The second-order valence-corrected chi connectivity index (χ2v) is 6.95. The van der Waals surface area contributed by atoms with Crippen molar-refractivity contribution in [2.45, 2.75) is 39.0 Å². The van der Waals surface area contributed by atoms with Crippen LogP contribution in [0.2, 0.25) is 0 Å². The van der Waals surface area contributed by atoms with Gasteiger partial charge in [0.2, 0.25) is 0 Å². The summed E-state index contributed by atoms with van der Waals surface area (Å²) in [5, 5.41) is 3.49. The zero-order valence-corrected chi connectivity index (χ0v) is 14.6. The highest BCUT2D eigenvalue weighted by Crippen LogP contribution is 2.43. The number of ether oxygens (including phenoxy) is 1. The van der Waals surface area contributed by atoms with Crippen molar-refractivity contribution in [3.05, 3.63) is 46.1 Å². The Morgan fingerprint density at radius 2 is 2.12 bits per heavy atom. The molecule has 5 nitrogen and oxygen atoms in total. The number of nitrogens with one attached hydrogen (secondary N) is 1. The van der Waals surface area contributed by atoms with Gasteiger partial charge in [0.15, 0.2) is 0 Å². The Labute approximate surface area is 145 Å². The number of anilines is 1. The molecule has 0 radical (unpaired) electrons. The maximum absolute atomic E-state index is 12.5. The van der Waals surface area contributed by atoms with Gasteiger partial charge in [0.05, 0.1) is 12.2 Å². The van der Waals surface area contributed by atoms with Gasteiger partial charge in [-0.05, 0) is 49.8 Å². The molecule has 1 amide bonds. The van der Waals surface area contributed by atoms with E-state index in [1.807, 2.05) is 0 Å². The van der Waals surface area contributed by atoms with Crippen molar-refractivity contribution in [1.29, 1.82) is 0 Å². The van der Waals surface area contributed by atoms with Gasteiger partial charge in [0, 0.05) is 22.8 Å². The lowest BCUT2D eigenvalue weighted by Crippen LogP contribution is -2.16. The number of hydrogen-bond donors (Lipinski definition) is 1. The molecule has 0 aliphatic heterocycles. The zero-order valence-electron chi connectivity index (χ0n) is 13.8. The number of aryl methyl sites for hydroxylation is 1. The first kappa shape index (κ1) is 16.6. The molecule has 0 fully saturated rings. The van der Waals surface area contributed by atoms with Crippen molar-refractivity contribution in [2.24, 2.45) is 0 Å². The van der Waals surface area contributed by atoms with Crippen molar-refractivity contribution in [1.82, 2.24) is 4.98 Å². The lowest BCUT2D eigenvalue weighted by atomic mass is 9.86. The van der Waals surface area contributed by atoms with Crippen LogP contribution in [0.1, 0.15) is 63.8 Å². The van der Waals surface area contributed by atoms with Gasteiger partial charge >= 0.3 is 5.97 Å². The van der Waals surface area contributed by atoms with Crippen LogP contribution in [0.15, 0.2) is 24.5 Å². The fourth-order valence-corrected chi connectivity index (χ4v) is 4.43. The fourth-order valence-electron chi connectivity index (χ4n) is 3.08. The van der Waals surface area contributed by atoms with Crippen LogP contribution in [0.3, 0.4) is 0 Å². The van der Waals surface area contributed by atoms with Crippen LogP contribution in [0.25, 0.3) is 0 Å². The molecule has 1 aliphatic rings. The van der Waals surface area contributed by atoms with Crippen LogP contribution in [-0.2, 0) is 11.2 Å². The maximum atomic E-state index is 12.5. The molecule has 6 heteroatoms. The van der Waals surface area contributed by atoms with E-state index in [0.29, 0.717) is 28.7 Å². The minimum Gasteiger partial charge on any atom is -0.462 e. The van der Waals surface area contributed by atoms with E-state index < -0.39 is 0 Å². The highest BCUT2D eigenvalue weighted by atomic mass is 32.1. The summed E-state index contributed by atoms with van der Waals surface area (Å²) in [5.41, 5.74) is 2.10. The first-order valence-electron chi connectivity index (χ1n) is 8.15. The van der Waals surface area contributed by atoms with Gasteiger partial charge in [0.25, 0.3) is 5.91 Å². The fraction of sp³-hybridized carbons (Fsp3) is 0.389. The number of carbonyl (C=O) groups is 2. The molecule has 3 rings (SSSR count). The molecular weight excluding hydrogens is 324 g/mol. The summed E-state index contributed by atoms with van der Waals surface area (Å²) in [4.78, 5) is 30.0. The van der Waals surface area contributed by atoms with E-state index >= 15 is 0 Å². The third kappa shape index (κ3) is 3.19. The maximum Gasteiger partial charge on any atom is 0.341 e. The molecule has 0 unspecified atom stereocenters. The first-order valence-corrected chi connectivity index (χ1v) is 8.97. The molecule has 1 aliphatic carbocycles. The lowest BCUT2D eigenvalue weighted by Gasteiger charge is -2.19. The monoisotopic (exact) mass is 344 g/mol. The number of amides is 1. The van der Waals surface area contributed by atoms with Crippen LogP contribution in [0.5, 0.6) is 0 Å². The van der Waals surface area contributed by atoms with Crippen LogP contribution in [0, 0.1) is 0 Å². The van der Waals surface area contributed by atoms with Gasteiger partial charge in [-0.1, -0.05) is 6.92 Å². The molecule has 126 valence electrons. The molecule has 0 bridgehead atoms. The van der Waals surface area contributed by atoms with E-state index in [2.05, 4.69) is 17.2 Å². The molecule has 0 saturated carbocycles. The van der Waals surface area contributed by atoms with Crippen molar-refractivity contribution < 1.29 is 14.3 Å². The van der Waals surface area contributed by atoms with Crippen molar-refractivity contribution >= 4 is 28.2 Å². The number of nitrogens with zero attached hydrogens (tertiary/aromatic N) is 1. The number of esters is 1. The zero-order chi connectivity index (χ0) is 17.1. The Bertz CT molecular complexity index is 755. The molecule has 1 N–H and O–H groups in total. The molecule has 2 aromatic rings. The van der Waals surface area contributed by atoms with Crippen molar-refractivity contribution in [3.63, 3.8) is 0 Å². The van der Waals surface area contributed by atoms with E-state index in [0.717, 1.165) is 24.8 Å². The van der Waals surface area contributed by atoms with Crippen molar-refractivity contribution in [2.75, 3.05) is 11.9 Å². The second kappa shape index (κ2) is 7.13. The number of aromatic nitrogens is 1. The molecule has 24 heavy (non-hydrogen) atoms. The summed E-state index contributed by atoms with van der Waals surface area (Å²) in [7, 11) is 0. The first-order chi connectivity index (χ1) is 11.6. The van der Waals surface area contributed by atoms with Gasteiger partial charge in [-0.3, -0.25) is 9.78 Å². The average molecular weight is 344 g/mol. The third-order valence-electron chi connectivity index (χ3n) is 4.20. The summed E-state index contributed by atoms with van der Waals surface area (Å²) >= 11 is 1.49. The molecule has 0 spiro atoms. The SMILES string of the molecule is CCOC(=O)c1c(NC(=O)c2ccncc2)sc2c1[C@@H](C)CCC2. The molecule has 0 aromatic carbocycles. The number of fused-ring (bicyclic) bond motifs is 1. The summed E-state index contributed by atoms with van der Waals surface area (Å²) in [6, 6.07) is 3.30. The van der Waals surface area contributed by atoms with Crippen LogP contribution in [0.4, 0.5) is 5.00 Å². The van der Waals surface area contributed by atoms with Gasteiger partial charge in [0.1, 0.15) is 5.00 Å². The molecular formula is C18H20N2O3S. The number of carbonyl (C=O) groups excluding carboxylic acids is 2. The highest BCUT2D eigenvalue weighted by molar-refractivity contribution is 7.17. The Hall–Kier alpha value is -2.21. The standard InChI is InChI=1S/C18H20N2O3S/c1-3-23-18(22)15-14-11(2)5-4-6-13(14)24-17(15)20-16(21)12-7-9-19-10-8-12/h7-11H,3-6H2,1-2H3,(H,20,21)/t11-/m0/s1. The largest absolute Gasteiger partial charge is 0.462 e. The Balaban J connectivity index is 1.98. The predicted molar refractivity (Wildman–Crippen MR) is 93.8 cm³/mol. The number of rotatable bonds is 4. The smallest absolute Gasteiger partial charge is 0.341 e. The minimum absolute atomic E-state index is 0.241. The lowest BCUT2D eigenvalue weighted by molar-refractivity contribution is 0.0526. The quantitative estimate of drug-likeness (QED) is 0.851. The highest BCUT2D eigenvalue weighted by Gasteiger charge is 2.30. The predicted octanol–water partition coefficient (Wildman–Crippen LogP) is 4.01. The van der Waals surface area contributed by atoms with Gasteiger partial charge in [-0.2, -0.15) is 0 Å². The third-order valence-corrected chi connectivity index (χ3v) is 5.39. The van der Waals surface area contributed by atoms with Gasteiger partial charge in [-0.25, -0.2) is 4.79 Å². The normalized spacial score (nSPS) is 16.3. The van der Waals surface area contributed by atoms with E-state index in [-0.39, 0.29) is 11.9 Å². The number of pyridine rings is 1. The number of hydrogen-bond acceptors (Lipinski definition) is 5. The molecule has 1 atom stereocenters. The number of thiophene rings is 1. The Morgan fingerprint density at radius 1 is 1.38 bits per heavy atom. The topological polar surface area (TPSA) is 68.3 Å². The average Bonchev–Trinajstić information content (AvgIpc) is 2.95. The Morgan fingerprint density at radius 3 is 2.83 bits per heavy atom. The van der Waals surface area contributed by atoms with E-state index in [9.17, 15) is 9.59 Å². The molecule has 2 aromatic heterocycles. The summed E-state index contributed by atoms with van der Waals surface area (Å²) in [6.07, 6.45) is 6.25.